The van der Waals surface area contributed by atoms with E-state index in [1.165, 1.54) is 4.48 Å². The minimum Gasteiger partial charge on any atom is -0.394 e. The lowest BCUT2D eigenvalue weighted by molar-refractivity contribution is -0.360. The van der Waals surface area contributed by atoms with Gasteiger partial charge in [0.2, 0.25) is 0 Å². The van der Waals surface area contributed by atoms with Crippen molar-refractivity contribution in [2.45, 2.75) is 33.5 Å². The van der Waals surface area contributed by atoms with Gasteiger partial charge in [0.15, 0.2) is 11.4 Å². The fourth-order valence-electron chi connectivity index (χ4n) is 3.90. The number of rotatable bonds is 2. The first kappa shape index (κ1) is 20.4. The monoisotopic (exact) mass is 418 g/mol. The van der Waals surface area contributed by atoms with Crippen molar-refractivity contribution in [2.24, 2.45) is 0 Å². The molecule has 1 aromatic heterocycles. The fourth-order valence-corrected chi connectivity index (χ4v) is 4.42. The van der Waals surface area contributed by atoms with Gasteiger partial charge < -0.3 is 17.6 Å². The molecular weight excluding hydrogens is 393 g/mol. The van der Waals surface area contributed by atoms with Crippen LogP contribution in [0.5, 0.6) is 0 Å². The topological polar surface area (TPSA) is 7.94 Å². The summed E-state index contributed by atoms with van der Waals surface area (Å²) >= 11 is 0. The quantitative estimate of drug-likeness (QED) is 0.440. The molecule has 0 amide bonds. The highest BCUT2D eigenvalue weighted by atomic mass is 28.3. The van der Waals surface area contributed by atoms with Gasteiger partial charge in [-0.15, -0.1) is 5.54 Å². The maximum absolute atomic E-state index is 15.4. The Kier molecular flexibility index (Phi) is 4.82. The molecule has 0 fully saturated rings. The van der Waals surface area contributed by atoms with Gasteiger partial charge in [-0.05, 0) is 54.9 Å². The molecule has 2 aliphatic rings. The Hall–Kier alpha value is -2.91. The number of benzene rings is 1. The molecule has 2 aromatic rings. The van der Waals surface area contributed by atoms with Crippen LogP contribution in [-0.4, -0.2) is 29.7 Å². The fraction of sp³-hybridized carbons (Fsp3) is 0.208. The summed E-state index contributed by atoms with van der Waals surface area (Å²) in [5.41, 5.74) is 8.34. The number of allylic oxidation sites excluding steroid dienone is 3. The second-order valence-electron chi connectivity index (χ2n) is 8.97. The number of hydrogen-bond acceptors (Lipinski definition) is 0. The summed E-state index contributed by atoms with van der Waals surface area (Å²) in [6, 6.07) is 9.71. The van der Waals surface area contributed by atoms with Crippen LogP contribution in [0.1, 0.15) is 28.1 Å². The van der Waals surface area contributed by atoms with Crippen LogP contribution >= 0.6 is 0 Å². The molecule has 30 heavy (non-hydrogen) atoms. The smallest absolute Gasteiger partial charge is 0.394 e. The number of fused-ring (bicyclic) bond motifs is 2. The summed E-state index contributed by atoms with van der Waals surface area (Å²) in [6.07, 6.45) is 8.98. The van der Waals surface area contributed by atoms with E-state index in [-0.39, 0.29) is 0 Å². The third-order valence-corrected chi connectivity index (χ3v) is 6.17. The minimum absolute atomic E-state index is 0.491. The summed E-state index contributed by atoms with van der Waals surface area (Å²) in [7, 11) is -1.41. The molecule has 0 aliphatic carbocycles. The van der Waals surface area contributed by atoms with Crippen LogP contribution in [0, 0.1) is 25.3 Å². The largest absolute Gasteiger partial charge is 0.737 e. The Morgan fingerprint density at radius 2 is 1.73 bits per heavy atom. The Balaban J connectivity index is 1.65. The van der Waals surface area contributed by atoms with Gasteiger partial charge in [0.05, 0.1) is 0 Å². The van der Waals surface area contributed by atoms with Gasteiger partial charge in [0, 0.05) is 35.6 Å². The molecule has 0 atom stereocenters. The van der Waals surface area contributed by atoms with Crippen molar-refractivity contribution in [3.05, 3.63) is 82.3 Å². The number of hydrogen-bond donors (Lipinski definition) is 0. The van der Waals surface area contributed by atoms with Gasteiger partial charge >= 0.3 is 6.97 Å². The molecule has 0 radical (unpaired) electrons. The third-order valence-electron chi connectivity index (χ3n) is 5.30. The highest BCUT2D eigenvalue weighted by Crippen LogP contribution is 2.34. The van der Waals surface area contributed by atoms with Gasteiger partial charge in [-0.3, -0.25) is 0 Å². The van der Waals surface area contributed by atoms with E-state index < -0.39 is 15.0 Å². The lowest BCUT2D eigenvalue weighted by Crippen LogP contribution is -2.50. The van der Waals surface area contributed by atoms with E-state index in [2.05, 4.69) is 31.1 Å². The van der Waals surface area contributed by atoms with Crippen molar-refractivity contribution < 1.29 is 13.1 Å². The Morgan fingerprint density at radius 3 is 2.40 bits per heavy atom. The van der Waals surface area contributed by atoms with E-state index in [9.17, 15) is 0 Å². The molecule has 3 heterocycles. The second-order valence-corrected chi connectivity index (χ2v) is 13.7. The average Bonchev–Trinajstić information content (AvgIpc) is 3.20. The maximum Gasteiger partial charge on any atom is 0.737 e. The van der Waals surface area contributed by atoms with E-state index in [0.717, 1.165) is 21.2 Å². The maximum atomic E-state index is 15.4. The predicted molar refractivity (Wildman–Crippen MR) is 125 cm³/mol. The molecule has 0 spiro atoms. The summed E-state index contributed by atoms with van der Waals surface area (Å²) in [5.74, 6) is 3.23. The van der Waals surface area contributed by atoms with Crippen molar-refractivity contribution in [2.75, 3.05) is 0 Å². The lowest BCUT2D eigenvalue weighted by atomic mass is 9.90. The van der Waals surface area contributed by atoms with Gasteiger partial charge in [-0.25, -0.2) is 0 Å². The van der Waals surface area contributed by atoms with Gasteiger partial charge in [0.1, 0.15) is 8.07 Å². The zero-order chi connectivity index (χ0) is 21.7. The lowest BCUT2D eigenvalue weighted by Gasteiger charge is -2.30. The van der Waals surface area contributed by atoms with Gasteiger partial charge in [-0.1, -0.05) is 37.7 Å². The molecule has 0 saturated carbocycles. The van der Waals surface area contributed by atoms with Crippen LogP contribution in [-0.2, 0) is 0 Å². The summed E-state index contributed by atoms with van der Waals surface area (Å²) in [6.45, 7) is 6.31. The summed E-state index contributed by atoms with van der Waals surface area (Å²) in [4.78, 5) is 0. The van der Waals surface area contributed by atoms with Gasteiger partial charge in [-0.2, -0.15) is 0 Å². The van der Waals surface area contributed by atoms with Crippen molar-refractivity contribution in [3.8, 4) is 11.5 Å². The molecule has 0 unspecified atom stereocenters. The molecule has 0 bridgehead atoms. The van der Waals surface area contributed by atoms with Crippen molar-refractivity contribution in [1.29, 1.82) is 0 Å². The molecule has 0 N–H and O–H groups in total. The molecule has 4 rings (SSSR count). The second kappa shape index (κ2) is 7.10. The minimum atomic E-state index is -3.93. The number of nitrogens with zero attached hydrogens (tertiary/aromatic N) is 2. The van der Waals surface area contributed by atoms with Crippen LogP contribution in [0.15, 0.2) is 54.3 Å². The zero-order valence-corrected chi connectivity index (χ0v) is 19.0. The number of halogens is 2. The van der Waals surface area contributed by atoms with Crippen molar-refractivity contribution in [1.82, 2.24) is 4.48 Å². The normalized spacial score (nSPS) is 17.0. The summed E-state index contributed by atoms with van der Waals surface area (Å²) in [5, 5.41) is 0. The first-order valence-electron chi connectivity index (χ1n) is 10.1. The average molecular weight is 418 g/mol. The highest BCUT2D eigenvalue weighted by Gasteiger charge is 2.52. The van der Waals surface area contributed by atoms with E-state index in [0.29, 0.717) is 22.8 Å². The standard InChI is InChI=1S/C24H25BF2N2Si/c1-18-16-19(2)28-24(18)17-23-13-12-22(29(23)25(28,26)27)11-10-20-6-8-21(9-7-20)14-15-30(3,4)5/h6-13,16-17H,1-5H3/b11-10+. The van der Waals surface area contributed by atoms with E-state index in [1.807, 2.05) is 49.4 Å². The van der Waals surface area contributed by atoms with Gasteiger partial charge in [0.25, 0.3) is 0 Å². The van der Waals surface area contributed by atoms with Crippen molar-refractivity contribution in [3.63, 3.8) is 0 Å². The molecular formula is C24H25BF2N2Si. The van der Waals surface area contributed by atoms with Crippen molar-refractivity contribution >= 4 is 32.9 Å². The molecule has 152 valence electrons. The first-order chi connectivity index (χ1) is 14.1. The molecule has 2 nitrogen and oxygen atoms in total. The Morgan fingerprint density at radius 1 is 1.03 bits per heavy atom. The molecule has 2 aliphatic heterocycles. The third kappa shape index (κ3) is 3.66. The predicted octanol–water partition coefficient (Wildman–Crippen LogP) is 5.65. The number of aryl methyl sites for hydroxylation is 2. The SMILES string of the molecule is Cc1cc(C)n2c1C=C1C=CC(/C=C/c3ccc(C#C[Si](C)(C)C)cc3)=[N+]1[B-]2(F)F. The first-order valence-corrected chi connectivity index (χ1v) is 13.6. The Labute approximate surface area is 178 Å². The number of aromatic nitrogens is 1. The molecule has 1 aromatic carbocycles. The van der Waals surface area contributed by atoms with E-state index in [1.54, 1.807) is 25.2 Å². The van der Waals surface area contributed by atoms with Crippen LogP contribution in [0.4, 0.5) is 8.63 Å². The highest BCUT2D eigenvalue weighted by molar-refractivity contribution is 6.83. The van der Waals surface area contributed by atoms with Crippen LogP contribution in [0.2, 0.25) is 19.6 Å². The van der Waals surface area contributed by atoms with E-state index >= 15 is 8.63 Å². The molecule has 6 heteroatoms. The summed E-state index contributed by atoms with van der Waals surface area (Å²) < 4.78 is 33.2. The van der Waals surface area contributed by atoms with Crippen LogP contribution in [0.25, 0.3) is 12.2 Å². The van der Waals surface area contributed by atoms with Crippen LogP contribution < -0.4 is 0 Å². The zero-order valence-electron chi connectivity index (χ0n) is 18.0. The molecule has 0 saturated heterocycles. The van der Waals surface area contributed by atoms with E-state index in [4.69, 9.17) is 0 Å². The van der Waals surface area contributed by atoms with Crippen LogP contribution in [0.3, 0.4) is 0 Å². The Bertz CT molecular complexity index is 1210.